The lowest BCUT2D eigenvalue weighted by Crippen LogP contribution is -2.25. The molecule has 0 saturated carbocycles. The van der Waals surface area contributed by atoms with Gasteiger partial charge >= 0.3 is 0 Å². The van der Waals surface area contributed by atoms with Crippen molar-refractivity contribution >= 4 is 27.3 Å². The highest BCUT2D eigenvalue weighted by atomic mass is 79.9. The van der Waals surface area contributed by atoms with Crippen LogP contribution in [0.25, 0.3) is 5.57 Å². The lowest BCUT2D eigenvalue weighted by molar-refractivity contribution is -0.115. The first-order valence-corrected chi connectivity index (χ1v) is 7.62. The average molecular weight is 321 g/mol. The van der Waals surface area contributed by atoms with Gasteiger partial charge in [0.05, 0.1) is 4.48 Å². The van der Waals surface area contributed by atoms with Gasteiger partial charge in [0, 0.05) is 11.8 Å². The number of fused-ring (bicyclic) bond motifs is 3. The van der Waals surface area contributed by atoms with Gasteiger partial charge in [-0.2, -0.15) is 0 Å². The fourth-order valence-corrected chi connectivity index (χ4v) is 4.46. The van der Waals surface area contributed by atoms with Crippen molar-refractivity contribution in [2.75, 3.05) is 0 Å². The lowest BCUT2D eigenvalue weighted by atomic mass is 9.66. The van der Waals surface area contributed by atoms with E-state index in [-0.39, 0.29) is 11.2 Å². The van der Waals surface area contributed by atoms with E-state index in [1.54, 1.807) is 6.07 Å². The van der Waals surface area contributed by atoms with E-state index in [0.717, 1.165) is 41.3 Å². The Morgan fingerprint density at radius 2 is 2.21 bits per heavy atom. The molecule has 1 atom stereocenters. The Labute approximate surface area is 121 Å². The monoisotopic (exact) mass is 320 g/mol. The van der Waals surface area contributed by atoms with Gasteiger partial charge in [0.1, 0.15) is 5.75 Å². The number of halogens is 1. The van der Waals surface area contributed by atoms with Gasteiger partial charge < -0.3 is 5.11 Å². The van der Waals surface area contributed by atoms with Crippen molar-refractivity contribution in [1.82, 2.24) is 0 Å². The van der Waals surface area contributed by atoms with Gasteiger partial charge in [0.15, 0.2) is 5.78 Å². The molecule has 0 radical (unpaired) electrons. The third-order valence-corrected chi connectivity index (χ3v) is 5.29. The number of aromatic hydroxyl groups is 1. The second-order valence-electron chi connectivity index (χ2n) is 5.66. The number of hydrogen-bond acceptors (Lipinski definition) is 2. The molecule has 2 aliphatic rings. The minimum absolute atomic E-state index is 0.0225. The molecule has 0 spiro atoms. The minimum Gasteiger partial charge on any atom is -0.508 e. The molecule has 0 amide bonds. The van der Waals surface area contributed by atoms with Gasteiger partial charge in [-0.25, -0.2) is 0 Å². The van der Waals surface area contributed by atoms with E-state index in [1.165, 1.54) is 5.57 Å². The third-order valence-electron chi connectivity index (χ3n) is 4.45. The number of allylic oxidation sites excluding steroid dienone is 2. The molecule has 1 unspecified atom stereocenters. The molecule has 0 fully saturated rings. The summed E-state index contributed by atoms with van der Waals surface area (Å²) in [7, 11) is 0. The first-order valence-electron chi connectivity index (χ1n) is 6.83. The zero-order valence-electron chi connectivity index (χ0n) is 11.0. The smallest absolute Gasteiger partial charge is 0.171 e. The molecule has 100 valence electrons. The summed E-state index contributed by atoms with van der Waals surface area (Å²) in [6.45, 7) is 2.18. The number of carbonyl (C=O) groups excluding carboxylic acids is 1. The molecule has 2 aliphatic carbocycles. The highest BCUT2D eigenvalue weighted by molar-refractivity contribution is 9.12. The van der Waals surface area contributed by atoms with Gasteiger partial charge in [-0.05, 0) is 64.0 Å². The first kappa shape index (κ1) is 12.9. The quantitative estimate of drug-likeness (QED) is 0.886. The van der Waals surface area contributed by atoms with Crippen molar-refractivity contribution in [3.8, 4) is 5.75 Å². The zero-order valence-corrected chi connectivity index (χ0v) is 12.6. The lowest BCUT2D eigenvalue weighted by Gasteiger charge is -2.37. The summed E-state index contributed by atoms with van der Waals surface area (Å²) in [5, 5.41) is 9.62. The fourth-order valence-electron chi connectivity index (χ4n) is 3.68. The van der Waals surface area contributed by atoms with Crippen molar-refractivity contribution in [3.05, 3.63) is 33.8 Å². The first-order chi connectivity index (χ1) is 9.07. The molecule has 3 heteroatoms. The number of rotatable bonds is 2. The van der Waals surface area contributed by atoms with Crippen molar-refractivity contribution in [1.29, 1.82) is 0 Å². The molecule has 0 aromatic heterocycles. The molecular weight excluding hydrogens is 304 g/mol. The second-order valence-corrected chi connectivity index (χ2v) is 6.45. The van der Waals surface area contributed by atoms with Gasteiger partial charge in [0.25, 0.3) is 0 Å². The molecular formula is C16H17BrO2. The summed E-state index contributed by atoms with van der Waals surface area (Å²) >= 11 is 3.51. The van der Waals surface area contributed by atoms with E-state index < -0.39 is 0 Å². The van der Waals surface area contributed by atoms with Crippen LogP contribution in [-0.2, 0) is 11.2 Å². The molecule has 1 aromatic carbocycles. The van der Waals surface area contributed by atoms with Crippen LogP contribution in [0.2, 0.25) is 0 Å². The summed E-state index contributed by atoms with van der Waals surface area (Å²) in [4.78, 5) is 12.1. The average Bonchev–Trinajstić information content (AvgIpc) is 2.62. The number of ketones is 1. The predicted octanol–water partition coefficient (Wildman–Crippen LogP) is 4.20. The number of hydrogen-bond donors (Lipinski definition) is 1. The Balaban J connectivity index is 2.20. The summed E-state index contributed by atoms with van der Waals surface area (Å²) < 4.78 is 0.757. The molecule has 19 heavy (non-hydrogen) atoms. The number of carbonyl (C=O) groups is 1. The largest absolute Gasteiger partial charge is 0.508 e. The Morgan fingerprint density at radius 1 is 1.42 bits per heavy atom. The van der Waals surface area contributed by atoms with E-state index >= 15 is 0 Å². The maximum Gasteiger partial charge on any atom is 0.171 e. The summed E-state index contributed by atoms with van der Waals surface area (Å²) in [5.41, 5.74) is 3.51. The topological polar surface area (TPSA) is 37.3 Å². The highest BCUT2D eigenvalue weighted by Gasteiger charge is 2.46. The van der Waals surface area contributed by atoms with Crippen molar-refractivity contribution < 1.29 is 9.90 Å². The molecule has 1 N–H and O–H groups in total. The van der Waals surface area contributed by atoms with E-state index in [0.29, 0.717) is 12.2 Å². The molecule has 3 rings (SSSR count). The van der Waals surface area contributed by atoms with Crippen LogP contribution >= 0.6 is 15.9 Å². The third kappa shape index (κ3) is 1.86. The highest BCUT2D eigenvalue weighted by Crippen LogP contribution is 2.57. The van der Waals surface area contributed by atoms with Crippen LogP contribution in [0, 0.1) is 5.41 Å². The number of phenolic OH excluding ortho intramolecular Hbond substituents is 1. The summed E-state index contributed by atoms with van der Waals surface area (Å²) in [6, 6.07) is 5.52. The maximum atomic E-state index is 12.1. The van der Waals surface area contributed by atoms with Crippen LogP contribution in [0.3, 0.4) is 0 Å². The van der Waals surface area contributed by atoms with Gasteiger partial charge in [-0.1, -0.05) is 19.4 Å². The van der Waals surface area contributed by atoms with Crippen LogP contribution in [0.15, 0.2) is 22.7 Å². The Morgan fingerprint density at radius 3 is 2.95 bits per heavy atom. The van der Waals surface area contributed by atoms with E-state index in [2.05, 4.69) is 22.9 Å². The summed E-state index contributed by atoms with van der Waals surface area (Å²) in [5.74, 6) is 0.534. The van der Waals surface area contributed by atoms with Gasteiger partial charge in [0.2, 0.25) is 0 Å². The van der Waals surface area contributed by atoms with Crippen molar-refractivity contribution in [2.45, 2.75) is 39.0 Å². The molecule has 0 aliphatic heterocycles. The zero-order chi connectivity index (χ0) is 13.6. The van der Waals surface area contributed by atoms with E-state index in [4.69, 9.17) is 0 Å². The predicted molar refractivity (Wildman–Crippen MR) is 79.2 cm³/mol. The van der Waals surface area contributed by atoms with Gasteiger partial charge in [-0.15, -0.1) is 0 Å². The number of benzene rings is 1. The van der Waals surface area contributed by atoms with Crippen LogP contribution in [0.1, 0.15) is 43.7 Å². The Bertz CT molecular complexity index is 588. The van der Waals surface area contributed by atoms with E-state index in [9.17, 15) is 9.90 Å². The number of Topliss-reactive ketones (excluding diaryl/α,β-unsaturated/α-hetero) is 1. The van der Waals surface area contributed by atoms with Crippen LogP contribution < -0.4 is 0 Å². The SMILES string of the molecule is CCCC12CCc3cc(O)ccc3C1=C(Br)C(=O)C2. The Kier molecular flexibility index (Phi) is 3.05. The number of phenols is 1. The fraction of sp³-hybridized carbons (Fsp3) is 0.438. The molecule has 0 bridgehead atoms. The van der Waals surface area contributed by atoms with Crippen molar-refractivity contribution in [2.24, 2.45) is 5.41 Å². The van der Waals surface area contributed by atoms with Gasteiger partial charge in [-0.3, -0.25) is 4.79 Å². The molecule has 1 aromatic rings. The normalized spacial score (nSPS) is 25.5. The van der Waals surface area contributed by atoms with Crippen LogP contribution in [0.5, 0.6) is 5.75 Å². The second kappa shape index (κ2) is 4.48. The summed E-state index contributed by atoms with van der Waals surface area (Å²) in [6.07, 6.45) is 4.74. The molecule has 2 nitrogen and oxygen atoms in total. The van der Waals surface area contributed by atoms with Crippen LogP contribution in [-0.4, -0.2) is 10.9 Å². The minimum atomic E-state index is 0.0225. The number of aryl methyl sites for hydroxylation is 1. The standard InChI is InChI=1S/C16H17BrO2/c1-2-6-16-7-5-10-8-11(18)3-4-12(10)14(16)15(17)13(19)9-16/h3-4,8,18H,2,5-7,9H2,1H3. The van der Waals surface area contributed by atoms with Crippen molar-refractivity contribution in [3.63, 3.8) is 0 Å². The van der Waals surface area contributed by atoms with Crippen LogP contribution in [0.4, 0.5) is 0 Å². The maximum absolute atomic E-state index is 12.1. The molecule has 0 heterocycles. The molecule has 0 saturated heterocycles. The Hall–Kier alpha value is -1.09. The van der Waals surface area contributed by atoms with E-state index in [1.807, 2.05) is 12.1 Å².